The fourth-order valence-electron chi connectivity index (χ4n) is 4.68. The normalized spacial score (nSPS) is 18.1. The Morgan fingerprint density at radius 2 is 1.85 bits per heavy atom. The molecule has 1 N–H and O–H groups in total. The maximum Gasteiger partial charge on any atom is 0.228 e. The Morgan fingerprint density at radius 3 is 2.55 bits per heavy atom. The van der Waals surface area contributed by atoms with E-state index in [1.165, 1.54) is 6.07 Å². The third-order valence-corrected chi connectivity index (χ3v) is 6.43. The molecule has 6 heteroatoms. The minimum absolute atomic E-state index is 0.00367. The second-order valence-electron chi connectivity index (χ2n) is 8.66. The van der Waals surface area contributed by atoms with Crippen molar-refractivity contribution < 1.29 is 14.0 Å². The lowest BCUT2D eigenvalue weighted by Gasteiger charge is -2.41. The first-order valence-corrected chi connectivity index (χ1v) is 11.2. The van der Waals surface area contributed by atoms with Crippen molar-refractivity contribution >= 4 is 11.8 Å². The number of carbonyl (C=O) groups excluding carboxylic acids is 2. The maximum absolute atomic E-state index is 14.1. The highest BCUT2D eigenvalue weighted by Crippen LogP contribution is 2.35. The zero-order valence-electron chi connectivity index (χ0n) is 18.8. The summed E-state index contributed by atoms with van der Waals surface area (Å²) in [6, 6.07) is 18.4. The van der Waals surface area contributed by atoms with Crippen molar-refractivity contribution in [3.63, 3.8) is 0 Å². The predicted molar refractivity (Wildman–Crippen MR) is 126 cm³/mol. The van der Waals surface area contributed by atoms with Gasteiger partial charge in [0.05, 0.1) is 11.8 Å². The number of aromatic nitrogens is 1. The molecule has 1 unspecified atom stereocenters. The van der Waals surface area contributed by atoms with E-state index in [0.717, 1.165) is 23.1 Å². The van der Waals surface area contributed by atoms with Gasteiger partial charge in [0.1, 0.15) is 5.82 Å². The van der Waals surface area contributed by atoms with Crippen LogP contribution in [0.1, 0.15) is 24.0 Å². The monoisotopic (exact) mass is 445 g/mol. The van der Waals surface area contributed by atoms with Gasteiger partial charge in [0, 0.05) is 32.5 Å². The second-order valence-corrected chi connectivity index (χ2v) is 8.66. The summed E-state index contributed by atoms with van der Waals surface area (Å²) >= 11 is 0. The number of benzene rings is 2. The van der Waals surface area contributed by atoms with Crippen molar-refractivity contribution in [2.75, 3.05) is 20.1 Å². The van der Waals surface area contributed by atoms with Crippen LogP contribution < -0.4 is 5.32 Å². The molecule has 3 aromatic rings. The van der Waals surface area contributed by atoms with Crippen LogP contribution in [0.5, 0.6) is 0 Å². The van der Waals surface area contributed by atoms with E-state index in [2.05, 4.69) is 10.3 Å². The summed E-state index contributed by atoms with van der Waals surface area (Å²) in [6.07, 6.45) is 5.51. The summed E-state index contributed by atoms with van der Waals surface area (Å²) in [5.41, 5.74) is 2.80. The van der Waals surface area contributed by atoms with Gasteiger partial charge in [-0.25, -0.2) is 4.39 Å². The largest absolute Gasteiger partial charge is 0.359 e. The van der Waals surface area contributed by atoms with Crippen LogP contribution in [0, 0.1) is 11.2 Å². The molecule has 5 nitrogen and oxygen atoms in total. The highest BCUT2D eigenvalue weighted by molar-refractivity contribution is 5.85. The number of hydrogen-bond acceptors (Lipinski definition) is 3. The van der Waals surface area contributed by atoms with Crippen LogP contribution >= 0.6 is 0 Å². The van der Waals surface area contributed by atoms with E-state index >= 15 is 0 Å². The zero-order chi connectivity index (χ0) is 23.3. The van der Waals surface area contributed by atoms with Gasteiger partial charge < -0.3 is 10.2 Å². The molecule has 1 fully saturated rings. The summed E-state index contributed by atoms with van der Waals surface area (Å²) in [5.74, 6) is -0.601. The van der Waals surface area contributed by atoms with Crippen molar-refractivity contribution in [1.82, 2.24) is 15.2 Å². The van der Waals surface area contributed by atoms with Crippen LogP contribution in [-0.4, -0.2) is 41.8 Å². The van der Waals surface area contributed by atoms with E-state index in [1.807, 2.05) is 42.6 Å². The summed E-state index contributed by atoms with van der Waals surface area (Å²) in [7, 11) is 1.63. The number of likely N-dealkylation sites (tertiary alicyclic amines) is 1. The quantitative estimate of drug-likeness (QED) is 0.623. The molecule has 1 saturated heterocycles. The molecule has 0 aliphatic carbocycles. The van der Waals surface area contributed by atoms with Gasteiger partial charge >= 0.3 is 0 Å². The molecular formula is C27H28FN3O2. The van der Waals surface area contributed by atoms with Gasteiger partial charge in [0.15, 0.2) is 0 Å². The number of rotatable bonds is 6. The SMILES string of the molecule is CNC(=O)C1(Cc2ccc(-c3cccnc3)cc2)CCCN(C(=O)Cc2ccccc2F)C1. The van der Waals surface area contributed by atoms with Crippen LogP contribution in [0.2, 0.25) is 0 Å². The second kappa shape index (κ2) is 9.94. The van der Waals surface area contributed by atoms with Gasteiger partial charge in [-0.2, -0.15) is 0 Å². The lowest BCUT2D eigenvalue weighted by atomic mass is 9.74. The molecule has 0 radical (unpaired) electrons. The number of nitrogens with zero attached hydrogens (tertiary/aromatic N) is 2. The number of halogens is 1. The van der Waals surface area contributed by atoms with E-state index in [-0.39, 0.29) is 24.1 Å². The van der Waals surface area contributed by atoms with Crippen molar-refractivity contribution in [2.45, 2.75) is 25.7 Å². The van der Waals surface area contributed by atoms with Crippen molar-refractivity contribution in [3.05, 3.63) is 90.0 Å². The molecular weight excluding hydrogens is 417 g/mol. The molecule has 0 bridgehead atoms. The topological polar surface area (TPSA) is 62.3 Å². The molecule has 2 heterocycles. The Morgan fingerprint density at radius 1 is 1.06 bits per heavy atom. The fourth-order valence-corrected chi connectivity index (χ4v) is 4.68. The summed E-state index contributed by atoms with van der Waals surface area (Å²) < 4.78 is 14.1. The third kappa shape index (κ3) is 5.11. The van der Waals surface area contributed by atoms with Crippen molar-refractivity contribution in [1.29, 1.82) is 0 Å². The highest BCUT2D eigenvalue weighted by Gasteiger charge is 2.43. The van der Waals surface area contributed by atoms with E-state index in [0.29, 0.717) is 31.5 Å². The van der Waals surface area contributed by atoms with Crippen LogP contribution in [0.3, 0.4) is 0 Å². The Hall–Kier alpha value is -3.54. The zero-order valence-corrected chi connectivity index (χ0v) is 18.8. The van der Waals surface area contributed by atoms with E-state index < -0.39 is 5.41 Å². The van der Waals surface area contributed by atoms with Crippen molar-refractivity contribution in [3.8, 4) is 11.1 Å². The number of nitrogens with one attached hydrogen (secondary N) is 1. The lowest BCUT2D eigenvalue weighted by Crippen LogP contribution is -2.54. The summed E-state index contributed by atoms with van der Waals surface area (Å²) in [5, 5.41) is 2.81. The highest BCUT2D eigenvalue weighted by atomic mass is 19.1. The first-order valence-electron chi connectivity index (χ1n) is 11.2. The standard InChI is InChI=1S/C27H28FN3O2/c1-29-26(33)27(17-20-9-11-21(12-10-20)23-7-4-14-30-18-23)13-5-15-31(19-27)25(32)16-22-6-2-3-8-24(22)28/h2-4,6-12,14,18H,5,13,15-17,19H2,1H3,(H,29,33). The molecule has 4 rings (SSSR count). The van der Waals surface area contributed by atoms with Gasteiger partial charge in [-0.05, 0) is 53.6 Å². The van der Waals surface area contributed by atoms with Gasteiger partial charge in [0.2, 0.25) is 11.8 Å². The van der Waals surface area contributed by atoms with Gasteiger partial charge in [-0.1, -0.05) is 48.5 Å². The average Bonchev–Trinajstić information content (AvgIpc) is 2.86. The number of pyridine rings is 1. The first-order chi connectivity index (χ1) is 16.0. The van der Waals surface area contributed by atoms with Gasteiger partial charge in [-0.15, -0.1) is 0 Å². The number of piperidine rings is 1. The van der Waals surface area contributed by atoms with Gasteiger partial charge in [-0.3, -0.25) is 14.6 Å². The molecule has 2 amide bonds. The molecule has 0 saturated carbocycles. The lowest BCUT2D eigenvalue weighted by molar-refractivity contribution is -0.141. The van der Waals surface area contributed by atoms with Crippen LogP contribution in [0.4, 0.5) is 4.39 Å². The Bertz CT molecular complexity index is 1120. The number of amides is 2. The fraction of sp³-hybridized carbons (Fsp3) is 0.296. The van der Waals surface area contributed by atoms with Crippen LogP contribution in [0.15, 0.2) is 73.1 Å². The minimum Gasteiger partial charge on any atom is -0.359 e. The van der Waals surface area contributed by atoms with E-state index in [9.17, 15) is 14.0 Å². The third-order valence-electron chi connectivity index (χ3n) is 6.43. The predicted octanol–water partition coefficient (Wildman–Crippen LogP) is 4.03. The van der Waals surface area contributed by atoms with Gasteiger partial charge in [0.25, 0.3) is 0 Å². The summed E-state index contributed by atoms with van der Waals surface area (Å²) in [6.45, 7) is 0.899. The molecule has 1 atom stereocenters. The number of hydrogen-bond donors (Lipinski definition) is 1. The molecule has 33 heavy (non-hydrogen) atoms. The molecule has 170 valence electrons. The smallest absolute Gasteiger partial charge is 0.228 e. The Labute approximate surface area is 193 Å². The summed E-state index contributed by atoms with van der Waals surface area (Å²) in [4.78, 5) is 31.9. The molecule has 1 aliphatic rings. The molecule has 1 aliphatic heterocycles. The van der Waals surface area contributed by atoms with E-state index in [4.69, 9.17) is 0 Å². The number of carbonyl (C=O) groups is 2. The molecule has 1 aromatic heterocycles. The molecule has 0 spiro atoms. The minimum atomic E-state index is -0.715. The average molecular weight is 446 g/mol. The Balaban J connectivity index is 1.52. The van der Waals surface area contributed by atoms with Crippen molar-refractivity contribution in [2.24, 2.45) is 5.41 Å². The first kappa shape index (κ1) is 22.6. The van der Waals surface area contributed by atoms with Crippen LogP contribution in [-0.2, 0) is 22.4 Å². The molecule has 2 aromatic carbocycles. The van der Waals surface area contributed by atoms with E-state index in [1.54, 1.807) is 36.3 Å². The Kier molecular flexibility index (Phi) is 6.82. The maximum atomic E-state index is 14.1. The van der Waals surface area contributed by atoms with Crippen LogP contribution in [0.25, 0.3) is 11.1 Å².